The molecule has 0 spiro atoms. The average Bonchev–Trinajstić information content (AvgIpc) is 2.69. The zero-order valence-electron chi connectivity index (χ0n) is 8.45. The predicted molar refractivity (Wildman–Crippen MR) is 54.9 cm³/mol. The van der Waals surface area contributed by atoms with E-state index in [0.29, 0.717) is 0 Å². The molecular weight excluding hydrogens is 200 g/mol. The van der Waals surface area contributed by atoms with Crippen molar-refractivity contribution < 1.29 is 13.2 Å². The molecule has 0 aromatic carbocycles. The summed E-state index contributed by atoms with van der Waals surface area (Å²) in [4.78, 5) is 0. The van der Waals surface area contributed by atoms with Gasteiger partial charge >= 0.3 is 0 Å². The Bertz CT molecular complexity index is 350. The van der Waals surface area contributed by atoms with Gasteiger partial charge in [0.1, 0.15) is 0 Å². The standard InChI is InChI=1S/C10H16O3S/c1-10(8-13-10)5-2-3-9-4-6-14(11,12)7-9/h4H,2-3,5-8H2,1H3. The third kappa shape index (κ3) is 2.58. The van der Waals surface area contributed by atoms with E-state index in [1.807, 2.05) is 6.08 Å². The third-order valence-electron chi connectivity index (χ3n) is 2.87. The molecule has 1 saturated heterocycles. The highest BCUT2D eigenvalue weighted by Crippen LogP contribution is 2.32. The number of hydrogen-bond acceptors (Lipinski definition) is 3. The van der Waals surface area contributed by atoms with Gasteiger partial charge in [-0.3, -0.25) is 0 Å². The molecule has 0 radical (unpaired) electrons. The molecule has 0 aromatic heterocycles. The maximum Gasteiger partial charge on any atom is 0.157 e. The summed E-state index contributed by atoms with van der Waals surface area (Å²) in [6.45, 7) is 2.97. The van der Waals surface area contributed by atoms with Crippen molar-refractivity contribution in [1.82, 2.24) is 0 Å². The molecule has 1 fully saturated rings. The van der Waals surface area contributed by atoms with Crippen LogP contribution in [-0.4, -0.2) is 32.1 Å². The highest BCUT2D eigenvalue weighted by molar-refractivity contribution is 7.92. The van der Waals surface area contributed by atoms with Crippen LogP contribution in [0.4, 0.5) is 0 Å². The van der Waals surface area contributed by atoms with E-state index < -0.39 is 9.84 Å². The van der Waals surface area contributed by atoms with E-state index in [1.54, 1.807) is 0 Å². The maximum absolute atomic E-state index is 11.1. The van der Waals surface area contributed by atoms with Crippen molar-refractivity contribution in [3.8, 4) is 0 Å². The molecule has 14 heavy (non-hydrogen) atoms. The van der Waals surface area contributed by atoms with Crippen LogP contribution in [0.2, 0.25) is 0 Å². The minimum atomic E-state index is -2.77. The highest BCUT2D eigenvalue weighted by Gasteiger charge is 2.38. The molecule has 2 rings (SSSR count). The molecule has 2 aliphatic heterocycles. The lowest BCUT2D eigenvalue weighted by atomic mass is 10.0. The normalized spacial score (nSPS) is 34.2. The molecule has 0 bridgehead atoms. The third-order valence-corrected chi connectivity index (χ3v) is 4.36. The number of rotatable bonds is 4. The molecule has 4 heteroatoms. The lowest BCUT2D eigenvalue weighted by Gasteiger charge is -2.04. The predicted octanol–water partition coefficient (Wildman–Crippen LogP) is 1.30. The zero-order valence-corrected chi connectivity index (χ0v) is 9.27. The first-order chi connectivity index (χ1) is 6.49. The van der Waals surface area contributed by atoms with Crippen LogP contribution in [-0.2, 0) is 14.6 Å². The lowest BCUT2D eigenvalue weighted by molar-refractivity contribution is 0.304. The van der Waals surface area contributed by atoms with Gasteiger partial charge in [0.05, 0.1) is 23.7 Å². The van der Waals surface area contributed by atoms with E-state index >= 15 is 0 Å². The molecule has 2 heterocycles. The van der Waals surface area contributed by atoms with Crippen molar-refractivity contribution in [2.75, 3.05) is 18.1 Å². The molecular formula is C10H16O3S. The quantitative estimate of drug-likeness (QED) is 0.525. The maximum atomic E-state index is 11.1. The van der Waals surface area contributed by atoms with Crippen molar-refractivity contribution in [2.24, 2.45) is 0 Å². The average molecular weight is 216 g/mol. The second-order valence-electron chi connectivity index (χ2n) is 4.51. The number of hydrogen-bond donors (Lipinski definition) is 0. The van der Waals surface area contributed by atoms with Crippen LogP contribution in [0.1, 0.15) is 26.2 Å². The van der Waals surface area contributed by atoms with Crippen molar-refractivity contribution in [3.05, 3.63) is 11.6 Å². The van der Waals surface area contributed by atoms with Crippen LogP contribution in [0.15, 0.2) is 11.6 Å². The SMILES string of the molecule is CC1(CCCC2=CCS(=O)(=O)C2)CO1. The number of ether oxygens (including phenoxy) is 1. The van der Waals surface area contributed by atoms with E-state index in [4.69, 9.17) is 4.74 Å². The van der Waals surface area contributed by atoms with Crippen molar-refractivity contribution in [3.63, 3.8) is 0 Å². The summed E-state index contributed by atoms with van der Waals surface area (Å²) in [5.74, 6) is 0.528. The van der Waals surface area contributed by atoms with Gasteiger partial charge in [0.15, 0.2) is 9.84 Å². The first-order valence-corrected chi connectivity index (χ1v) is 6.84. The molecule has 1 unspecified atom stereocenters. The zero-order chi connectivity index (χ0) is 10.2. The van der Waals surface area contributed by atoms with Crippen molar-refractivity contribution in [1.29, 1.82) is 0 Å². The molecule has 0 amide bonds. The van der Waals surface area contributed by atoms with Gasteiger partial charge in [-0.1, -0.05) is 11.6 Å². The van der Waals surface area contributed by atoms with Gasteiger partial charge in [-0.25, -0.2) is 8.42 Å². The van der Waals surface area contributed by atoms with E-state index in [9.17, 15) is 8.42 Å². The summed E-state index contributed by atoms with van der Waals surface area (Å²) in [7, 11) is -2.77. The fraction of sp³-hybridized carbons (Fsp3) is 0.800. The fourth-order valence-corrected chi connectivity index (χ4v) is 3.21. The van der Waals surface area contributed by atoms with Crippen LogP contribution >= 0.6 is 0 Å². The van der Waals surface area contributed by atoms with Gasteiger partial charge in [0.2, 0.25) is 0 Å². The van der Waals surface area contributed by atoms with E-state index in [-0.39, 0.29) is 17.1 Å². The topological polar surface area (TPSA) is 46.7 Å². The van der Waals surface area contributed by atoms with Gasteiger partial charge in [-0.2, -0.15) is 0 Å². The van der Waals surface area contributed by atoms with Crippen LogP contribution < -0.4 is 0 Å². The first kappa shape index (κ1) is 10.2. The molecule has 0 N–H and O–H groups in total. The molecule has 3 nitrogen and oxygen atoms in total. The Morgan fingerprint density at radius 3 is 2.79 bits per heavy atom. The molecule has 0 aliphatic carbocycles. The van der Waals surface area contributed by atoms with Gasteiger partial charge in [-0.15, -0.1) is 0 Å². The Morgan fingerprint density at radius 2 is 2.29 bits per heavy atom. The number of sulfone groups is 1. The molecule has 1 atom stereocenters. The molecule has 80 valence electrons. The van der Waals surface area contributed by atoms with Crippen LogP contribution in [0.25, 0.3) is 0 Å². The summed E-state index contributed by atoms with van der Waals surface area (Å²) in [6.07, 6.45) is 4.87. The van der Waals surface area contributed by atoms with E-state index in [2.05, 4.69) is 6.92 Å². The van der Waals surface area contributed by atoms with Gasteiger partial charge in [0.25, 0.3) is 0 Å². The van der Waals surface area contributed by atoms with E-state index in [0.717, 1.165) is 31.4 Å². The van der Waals surface area contributed by atoms with Crippen LogP contribution in [0, 0.1) is 0 Å². The summed E-state index contributed by atoms with van der Waals surface area (Å²) in [6, 6.07) is 0. The van der Waals surface area contributed by atoms with Crippen LogP contribution in [0.5, 0.6) is 0 Å². The Morgan fingerprint density at radius 1 is 1.57 bits per heavy atom. The summed E-state index contributed by atoms with van der Waals surface area (Å²) in [5, 5.41) is 0. The van der Waals surface area contributed by atoms with Gasteiger partial charge in [0, 0.05) is 0 Å². The second kappa shape index (κ2) is 3.35. The second-order valence-corrected chi connectivity index (χ2v) is 6.62. The summed E-state index contributed by atoms with van der Waals surface area (Å²) >= 11 is 0. The van der Waals surface area contributed by atoms with Crippen molar-refractivity contribution in [2.45, 2.75) is 31.8 Å². The Kier molecular flexibility index (Phi) is 2.43. The molecule has 0 saturated carbocycles. The molecule has 2 aliphatic rings. The van der Waals surface area contributed by atoms with Crippen molar-refractivity contribution >= 4 is 9.84 Å². The Hall–Kier alpha value is -0.350. The van der Waals surface area contributed by atoms with E-state index in [1.165, 1.54) is 0 Å². The smallest absolute Gasteiger partial charge is 0.157 e. The minimum Gasteiger partial charge on any atom is -0.370 e. The Labute approximate surface area is 85.1 Å². The summed E-state index contributed by atoms with van der Waals surface area (Å²) in [5.41, 5.74) is 1.20. The van der Waals surface area contributed by atoms with Gasteiger partial charge in [-0.05, 0) is 26.2 Å². The van der Waals surface area contributed by atoms with Crippen LogP contribution in [0.3, 0.4) is 0 Å². The largest absolute Gasteiger partial charge is 0.370 e. The monoisotopic (exact) mass is 216 g/mol. The van der Waals surface area contributed by atoms with Gasteiger partial charge < -0.3 is 4.74 Å². The Balaban J connectivity index is 1.72. The molecule has 0 aromatic rings. The highest BCUT2D eigenvalue weighted by atomic mass is 32.2. The first-order valence-electron chi connectivity index (χ1n) is 5.01. The number of epoxide rings is 1. The summed E-state index contributed by atoms with van der Waals surface area (Å²) < 4.78 is 27.5. The fourth-order valence-electron chi connectivity index (χ4n) is 1.78. The minimum absolute atomic E-state index is 0.109. The lowest BCUT2D eigenvalue weighted by Crippen LogP contribution is -2.05.